The number of hydrogen-bond acceptors (Lipinski definition) is 4. The summed E-state index contributed by atoms with van der Waals surface area (Å²) < 4.78 is 24.3. The molecule has 6 heteroatoms. The molecule has 1 amide bonds. The second-order valence-corrected chi connectivity index (χ2v) is 4.68. The number of ether oxygens (including phenoxy) is 2. The molecule has 0 saturated carbocycles. The molecular weight excluding hydrogens is 263 g/mol. The number of alkyl carbamates (subject to hydrolysis) is 1. The van der Waals surface area contributed by atoms with Gasteiger partial charge in [-0.05, 0) is 19.5 Å². The molecular formula is C14H19FN2O3. The number of benzene rings is 1. The van der Waals surface area contributed by atoms with Crippen LogP contribution in [-0.2, 0) is 4.74 Å². The van der Waals surface area contributed by atoms with Crippen molar-refractivity contribution in [2.45, 2.75) is 26.0 Å². The van der Waals surface area contributed by atoms with E-state index in [9.17, 15) is 9.18 Å². The van der Waals surface area contributed by atoms with Crippen molar-refractivity contribution in [1.29, 1.82) is 0 Å². The van der Waals surface area contributed by atoms with Gasteiger partial charge in [-0.2, -0.15) is 0 Å². The SMILES string of the molecule is CCNC(C)c1ccc(OCC2CNC(=O)O2)cc1F. The molecule has 2 unspecified atom stereocenters. The second-order valence-electron chi connectivity index (χ2n) is 4.68. The molecule has 5 nitrogen and oxygen atoms in total. The summed E-state index contributed by atoms with van der Waals surface area (Å²) in [5, 5.41) is 5.69. The Morgan fingerprint density at radius 1 is 1.60 bits per heavy atom. The van der Waals surface area contributed by atoms with Gasteiger partial charge in [0.25, 0.3) is 0 Å². The quantitative estimate of drug-likeness (QED) is 0.837. The van der Waals surface area contributed by atoms with E-state index in [1.807, 2.05) is 13.8 Å². The molecule has 0 aromatic heterocycles. The monoisotopic (exact) mass is 282 g/mol. The number of rotatable bonds is 6. The van der Waals surface area contributed by atoms with Crippen LogP contribution in [0.25, 0.3) is 0 Å². The lowest BCUT2D eigenvalue weighted by atomic mass is 10.1. The summed E-state index contributed by atoms with van der Waals surface area (Å²) >= 11 is 0. The van der Waals surface area contributed by atoms with Gasteiger partial charge >= 0.3 is 6.09 Å². The minimum Gasteiger partial charge on any atom is -0.490 e. The lowest BCUT2D eigenvalue weighted by molar-refractivity contribution is 0.104. The average Bonchev–Trinajstić information content (AvgIpc) is 2.82. The second kappa shape index (κ2) is 6.56. The van der Waals surface area contributed by atoms with E-state index in [1.165, 1.54) is 6.07 Å². The Morgan fingerprint density at radius 2 is 2.40 bits per heavy atom. The zero-order valence-electron chi connectivity index (χ0n) is 11.6. The topological polar surface area (TPSA) is 59.6 Å². The summed E-state index contributed by atoms with van der Waals surface area (Å²) in [4.78, 5) is 10.8. The number of carbonyl (C=O) groups is 1. The third kappa shape index (κ3) is 3.60. The van der Waals surface area contributed by atoms with Gasteiger partial charge in [0, 0.05) is 17.7 Å². The Hall–Kier alpha value is -1.82. The Bertz CT molecular complexity index is 481. The standard InChI is InChI=1S/C14H19FN2O3/c1-3-16-9(2)12-5-4-10(6-13(12)15)19-8-11-7-17-14(18)20-11/h4-6,9,11,16H,3,7-8H2,1-2H3,(H,17,18). The zero-order valence-corrected chi connectivity index (χ0v) is 11.6. The highest BCUT2D eigenvalue weighted by Crippen LogP contribution is 2.22. The lowest BCUT2D eigenvalue weighted by Crippen LogP contribution is -2.22. The van der Waals surface area contributed by atoms with Gasteiger partial charge in [0.2, 0.25) is 0 Å². The number of amides is 1. The third-order valence-electron chi connectivity index (χ3n) is 3.13. The summed E-state index contributed by atoms with van der Waals surface area (Å²) in [5.41, 5.74) is 0.605. The smallest absolute Gasteiger partial charge is 0.407 e. The summed E-state index contributed by atoms with van der Waals surface area (Å²) in [7, 11) is 0. The van der Waals surface area contributed by atoms with E-state index in [0.717, 1.165) is 6.54 Å². The maximum absolute atomic E-state index is 14.0. The highest BCUT2D eigenvalue weighted by molar-refractivity contribution is 5.69. The largest absolute Gasteiger partial charge is 0.490 e. The van der Waals surface area contributed by atoms with Crippen LogP contribution in [-0.4, -0.2) is 31.9 Å². The number of nitrogens with one attached hydrogen (secondary N) is 2. The maximum atomic E-state index is 14.0. The van der Waals surface area contributed by atoms with Gasteiger partial charge in [-0.1, -0.05) is 13.0 Å². The minimum atomic E-state index is -0.445. The van der Waals surface area contributed by atoms with Crippen LogP contribution >= 0.6 is 0 Å². The molecule has 0 radical (unpaired) electrons. The van der Waals surface area contributed by atoms with Gasteiger partial charge in [-0.3, -0.25) is 0 Å². The first-order valence-corrected chi connectivity index (χ1v) is 6.70. The van der Waals surface area contributed by atoms with Crippen molar-refractivity contribution in [3.05, 3.63) is 29.6 Å². The Morgan fingerprint density at radius 3 is 3.00 bits per heavy atom. The van der Waals surface area contributed by atoms with E-state index in [-0.39, 0.29) is 24.6 Å². The zero-order chi connectivity index (χ0) is 14.5. The predicted octanol–water partition coefficient (Wildman–Crippen LogP) is 1.98. The van der Waals surface area contributed by atoms with Crippen LogP contribution in [0.4, 0.5) is 9.18 Å². The van der Waals surface area contributed by atoms with Crippen LogP contribution in [0.15, 0.2) is 18.2 Å². The third-order valence-corrected chi connectivity index (χ3v) is 3.13. The maximum Gasteiger partial charge on any atom is 0.407 e. The fraction of sp³-hybridized carbons (Fsp3) is 0.500. The molecule has 0 aliphatic carbocycles. The molecule has 20 heavy (non-hydrogen) atoms. The Kier molecular flexibility index (Phi) is 4.79. The predicted molar refractivity (Wildman–Crippen MR) is 72.3 cm³/mol. The van der Waals surface area contributed by atoms with E-state index in [2.05, 4.69) is 10.6 Å². The number of carbonyl (C=O) groups excluding carboxylic acids is 1. The van der Waals surface area contributed by atoms with Crippen LogP contribution < -0.4 is 15.4 Å². The van der Waals surface area contributed by atoms with Gasteiger partial charge in [0.15, 0.2) is 6.10 Å². The van der Waals surface area contributed by atoms with Crippen LogP contribution in [0.2, 0.25) is 0 Å². The molecule has 2 atom stereocenters. The molecule has 1 heterocycles. The molecule has 1 fully saturated rings. The molecule has 0 spiro atoms. The summed E-state index contributed by atoms with van der Waals surface area (Å²) in [6.07, 6.45) is -0.773. The van der Waals surface area contributed by atoms with Crippen molar-refractivity contribution >= 4 is 6.09 Å². The molecule has 1 aromatic rings. The first kappa shape index (κ1) is 14.6. The van der Waals surface area contributed by atoms with Crippen molar-refractivity contribution in [2.75, 3.05) is 19.7 Å². The van der Waals surface area contributed by atoms with Crippen LogP contribution in [0.1, 0.15) is 25.5 Å². The highest BCUT2D eigenvalue weighted by atomic mass is 19.1. The average molecular weight is 282 g/mol. The van der Waals surface area contributed by atoms with Gasteiger partial charge in [-0.15, -0.1) is 0 Å². The fourth-order valence-electron chi connectivity index (χ4n) is 2.08. The van der Waals surface area contributed by atoms with Crippen molar-refractivity contribution < 1.29 is 18.7 Å². The number of halogens is 1. The highest BCUT2D eigenvalue weighted by Gasteiger charge is 2.23. The van der Waals surface area contributed by atoms with Gasteiger partial charge in [0.1, 0.15) is 18.2 Å². The first-order valence-electron chi connectivity index (χ1n) is 6.70. The molecule has 110 valence electrons. The minimum absolute atomic E-state index is 0.0472. The van der Waals surface area contributed by atoms with Crippen molar-refractivity contribution in [3.8, 4) is 5.75 Å². The van der Waals surface area contributed by atoms with E-state index < -0.39 is 6.09 Å². The summed E-state index contributed by atoms with van der Waals surface area (Å²) in [5.74, 6) is 0.121. The van der Waals surface area contributed by atoms with Crippen molar-refractivity contribution in [2.24, 2.45) is 0 Å². The molecule has 2 N–H and O–H groups in total. The van der Waals surface area contributed by atoms with Gasteiger partial charge in [0.05, 0.1) is 6.54 Å². The Labute approximate surface area is 117 Å². The molecule has 1 aromatic carbocycles. The molecule has 2 rings (SSSR count). The van der Waals surface area contributed by atoms with Crippen LogP contribution in [0.3, 0.4) is 0 Å². The normalized spacial score (nSPS) is 19.4. The van der Waals surface area contributed by atoms with E-state index >= 15 is 0 Å². The summed E-state index contributed by atoms with van der Waals surface area (Å²) in [6, 6.07) is 4.73. The first-order chi connectivity index (χ1) is 9.60. The fourth-order valence-corrected chi connectivity index (χ4v) is 2.08. The van der Waals surface area contributed by atoms with Crippen LogP contribution in [0.5, 0.6) is 5.75 Å². The lowest BCUT2D eigenvalue weighted by Gasteiger charge is -2.15. The molecule has 1 saturated heterocycles. The Balaban J connectivity index is 1.93. The molecule has 1 aliphatic rings. The van der Waals surface area contributed by atoms with E-state index in [0.29, 0.717) is 17.9 Å². The van der Waals surface area contributed by atoms with Gasteiger partial charge in [-0.25, -0.2) is 9.18 Å². The molecule has 0 bridgehead atoms. The van der Waals surface area contributed by atoms with Crippen LogP contribution in [0, 0.1) is 5.82 Å². The van der Waals surface area contributed by atoms with Crippen molar-refractivity contribution in [1.82, 2.24) is 10.6 Å². The summed E-state index contributed by atoms with van der Waals surface area (Å²) in [6.45, 7) is 5.28. The van der Waals surface area contributed by atoms with E-state index in [4.69, 9.17) is 9.47 Å². The van der Waals surface area contributed by atoms with E-state index in [1.54, 1.807) is 12.1 Å². The number of cyclic esters (lactones) is 1. The molecule has 1 aliphatic heterocycles. The van der Waals surface area contributed by atoms with Crippen molar-refractivity contribution in [3.63, 3.8) is 0 Å². The number of hydrogen-bond donors (Lipinski definition) is 2. The van der Waals surface area contributed by atoms with Gasteiger partial charge < -0.3 is 20.1 Å².